The van der Waals surface area contributed by atoms with E-state index in [-0.39, 0.29) is 23.5 Å². The fourth-order valence-electron chi connectivity index (χ4n) is 2.62. The Balaban J connectivity index is 1.90. The summed E-state index contributed by atoms with van der Waals surface area (Å²) in [6, 6.07) is 3.89. The van der Waals surface area contributed by atoms with E-state index in [4.69, 9.17) is 0 Å². The molecule has 0 spiro atoms. The number of thiazole rings is 1. The molecule has 1 saturated carbocycles. The first kappa shape index (κ1) is 21.2. The number of amides is 2. The van der Waals surface area contributed by atoms with E-state index in [9.17, 15) is 18.0 Å². The number of aromatic nitrogens is 1. The summed E-state index contributed by atoms with van der Waals surface area (Å²) in [6.45, 7) is 4.72. The average molecular weight is 488 g/mol. The van der Waals surface area contributed by atoms with Crippen molar-refractivity contribution in [1.29, 1.82) is 0 Å². The second-order valence-corrected chi connectivity index (χ2v) is 11.7. The van der Waals surface area contributed by atoms with Gasteiger partial charge in [0.05, 0.1) is 22.0 Å². The van der Waals surface area contributed by atoms with Crippen molar-refractivity contribution in [3.8, 4) is 0 Å². The third-order valence-corrected chi connectivity index (χ3v) is 8.99. The second-order valence-electron chi connectivity index (χ2n) is 7.20. The summed E-state index contributed by atoms with van der Waals surface area (Å²) in [6.07, 6.45) is 1.87. The van der Waals surface area contributed by atoms with Crippen molar-refractivity contribution in [3.05, 3.63) is 27.2 Å². The SMILES string of the molecule is Cc1cc2nc(C(C(=O)NCC(=O)NC3CC3)S(=O)(=O)C(C)C)sc2cc1Br. The molecule has 2 amide bonds. The van der Waals surface area contributed by atoms with Crippen molar-refractivity contribution in [2.45, 2.75) is 50.2 Å². The number of carbonyl (C=O) groups excluding carboxylic acids is 2. The standard InChI is InChI=1S/C18H22BrN3O4S2/c1-9(2)28(25,26)16(17(24)20-8-15(23)21-11-4-5-11)18-22-13-6-10(3)12(19)7-14(13)27-18/h6-7,9,11,16H,4-5,8H2,1-3H3,(H,20,24)(H,21,23). The summed E-state index contributed by atoms with van der Waals surface area (Å²) in [5.74, 6) is -1.05. The smallest absolute Gasteiger partial charge is 0.245 e. The second kappa shape index (κ2) is 8.08. The minimum absolute atomic E-state index is 0.172. The highest BCUT2D eigenvalue weighted by Crippen LogP contribution is 2.35. The van der Waals surface area contributed by atoms with Crippen LogP contribution >= 0.6 is 27.3 Å². The first-order chi connectivity index (χ1) is 13.1. The van der Waals surface area contributed by atoms with Crippen LogP contribution in [0.2, 0.25) is 0 Å². The number of aryl methyl sites for hydroxylation is 1. The van der Waals surface area contributed by atoms with E-state index < -0.39 is 26.2 Å². The Labute approximate surface area is 176 Å². The lowest BCUT2D eigenvalue weighted by Crippen LogP contribution is -2.42. The van der Waals surface area contributed by atoms with E-state index >= 15 is 0 Å². The van der Waals surface area contributed by atoms with Crippen LogP contribution in [0.25, 0.3) is 10.2 Å². The van der Waals surface area contributed by atoms with Gasteiger partial charge in [0.2, 0.25) is 11.8 Å². The van der Waals surface area contributed by atoms with Gasteiger partial charge in [-0.25, -0.2) is 13.4 Å². The van der Waals surface area contributed by atoms with Crippen LogP contribution in [0.15, 0.2) is 16.6 Å². The maximum atomic E-state index is 12.9. The van der Waals surface area contributed by atoms with E-state index in [2.05, 4.69) is 31.5 Å². The molecule has 0 aliphatic heterocycles. The molecule has 1 aromatic carbocycles. The molecule has 0 bridgehead atoms. The van der Waals surface area contributed by atoms with E-state index in [0.29, 0.717) is 5.52 Å². The van der Waals surface area contributed by atoms with E-state index in [1.165, 1.54) is 25.2 Å². The van der Waals surface area contributed by atoms with Gasteiger partial charge in [0.15, 0.2) is 15.1 Å². The number of nitrogens with zero attached hydrogens (tertiary/aromatic N) is 1. The fourth-order valence-corrected chi connectivity index (χ4v) is 5.89. The van der Waals surface area contributed by atoms with Gasteiger partial charge in [0.1, 0.15) is 5.01 Å². The lowest BCUT2D eigenvalue weighted by molar-refractivity contribution is -0.126. The monoisotopic (exact) mass is 487 g/mol. The van der Waals surface area contributed by atoms with Gasteiger partial charge < -0.3 is 10.6 Å². The molecule has 28 heavy (non-hydrogen) atoms. The highest BCUT2D eigenvalue weighted by atomic mass is 79.9. The van der Waals surface area contributed by atoms with Crippen LogP contribution in [0.4, 0.5) is 0 Å². The number of benzene rings is 1. The van der Waals surface area contributed by atoms with Gasteiger partial charge in [-0.3, -0.25) is 9.59 Å². The van der Waals surface area contributed by atoms with Crippen molar-refractivity contribution >= 4 is 59.1 Å². The predicted molar refractivity (Wildman–Crippen MR) is 113 cm³/mol. The minimum atomic E-state index is -3.83. The van der Waals surface area contributed by atoms with Crippen LogP contribution in [0.1, 0.15) is 42.5 Å². The van der Waals surface area contributed by atoms with Crippen molar-refractivity contribution in [2.75, 3.05) is 6.54 Å². The normalized spacial score (nSPS) is 15.6. The number of fused-ring (bicyclic) bond motifs is 1. The van der Waals surface area contributed by atoms with Gasteiger partial charge in [0, 0.05) is 10.5 Å². The average Bonchev–Trinajstić information content (AvgIpc) is 3.32. The summed E-state index contributed by atoms with van der Waals surface area (Å²) in [5, 5.41) is 3.23. The maximum absolute atomic E-state index is 12.9. The van der Waals surface area contributed by atoms with Gasteiger partial charge in [-0.1, -0.05) is 15.9 Å². The van der Waals surface area contributed by atoms with Crippen LogP contribution in [0.3, 0.4) is 0 Å². The molecule has 0 saturated heterocycles. The number of hydrogen-bond donors (Lipinski definition) is 2. The van der Waals surface area contributed by atoms with Crippen molar-refractivity contribution in [1.82, 2.24) is 15.6 Å². The Morgan fingerprint density at radius 2 is 2.00 bits per heavy atom. The first-order valence-corrected chi connectivity index (χ1v) is 12.2. The number of carbonyl (C=O) groups is 2. The molecule has 2 N–H and O–H groups in total. The highest BCUT2D eigenvalue weighted by Gasteiger charge is 2.39. The molecule has 152 valence electrons. The number of rotatable bonds is 7. The molecule has 1 fully saturated rings. The molecule has 1 atom stereocenters. The summed E-state index contributed by atoms with van der Waals surface area (Å²) < 4.78 is 27.5. The Hall–Kier alpha value is -1.52. The van der Waals surface area contributed by atoms with Crippen LogP contribution in [-0.2, 0) is 19.4 Å². The minimum Gasteiger partial charge on any atom is -0.352 e. The zero-order chi connectivity index (χ0) is 20.6. The molecule has 1 aliphatic carbocycles. The zero-order valence-corrected chi connectivity index (χ0v) is 19.0. The lowest BCUT2D eigenvalue weighted by atomic mass is 10.2. The Morgan fingerprint density at radius 3 is 2.61 bits per heavy atom. The first-order valence-electron chi connectivity index (χ1n) is 8.96. The third-order valence-electron chi connectivity index (χ3n) is 4.50. The molecule has 1 aromatic heterocycles. The highest BCUT2D eigenvalue weighted by molar-refractivity contribution is 9.10. The third kappa shape index (κ3) is 4.55. The molecule has 2 aromatic rings. The Kier molecular flexibility index (Phi) is 6.11. The quantitative estimate of drug-likeness (QED) is 0.624. The Bertz CT molecular complexity index is 990. The molecular weight excluding hydrogens is 466 g/mol. The molecule has 1 unspecified atom stereocenters. The number of sulfone groups is 1. The molecule has 0 radical (unpaired) electrons. The summed E-state index contributed by atoms with van der Waals surface area (Å²) in [5.41, 5.74) is 1.61. The molecule has 1 heterocycles. The van der Waals surface area contributed by atoms with Crippen LogP contribution in [-0.4, -0.2) is 43.1 Å². The van der Waals surface area contributed by atoms with Gasteiger partial charge in [0.25, 0.3) is 0 Å². The molecular formula is C18H22BrN3O4S2. The van der Waals surface area contributed by atoms with E-state index in [1.54, 1.807) is 0 Å². The maximum Gasteiger partial charge on any atom is 0.245 e. The fraction of sp³-hybridized carbons (Fsp3) is 0.500. The van der Waals surface area contributed by atoms with Gasteiger partial charge in [-0.15, -0.1) is 11.3 Å². The number of nitrogens with one attached hydrogen (secondary N) is 2. The van der Waals surface area contributed by atoms with Crippen molar-refractivity contribution in [2.24, 2.45) is 0 Å². The molecule has 10 heteroatoms. The summed E-state index contributed by atoms with van der Waals surface area (Å²) in [7, 11) is -3.83. The number of hydrogen-bond acceptors (Lipinski definition) is 6. The van der Waals surface area contributed by atoms with Crippen LogP contribution < -0.4 is 10.6 Å². The number of halogens is 1. The van der Waals surface area contributed by atoms with Gasteiger partial charge in [-0.05, 0) is 51.3 Å². The predicted octanol–water partition coefficient (Wildman–Crippen LogP) is 2.63. The molecule has 1 aliphatic rings. The zero-order valence-electron chi connectivity index (χ0n) is 15.8. The van der Waals surface area contributed by atoms with Gasteiger partial charge >= 0.3 is 0 Å². The topological polar surface area (TPSA) is 105 Å². The van der Waals surface area contributed by atoms with E-state index in [1.807, 2.05) is 19.1 Å². The van der Waals surface area contributed by atoms with E-state index in [0.717, 1.165) is 27.6 Å². The molecule has 3 rings (SSSR count). The van der Waals surface area contributed by atoms with Crippen LogP contribution in [0, 0.1) is 6.92 Å². The van der Waals surface area contributed by atoms with Crippen molar-refractivity contribution < 1.29 is 18.0 Å². The molecule has 7 nitrogen and oxygen atoms in total. The summed E-state index contributed by atoms with van der Waals surface area (Å²) >= 11 is 4.63. The largest absolute Gasteiger partial charge is 0.352 e. The Morgan fingerprint density at radius 1 is 1.32 bits per heavy atom. The summed E-state index contributed by atoms with van der Waals surface area (Å²) in [4.78, 5) is 29.1. The van der Waals surface area contributed by atoms with Crippen LogP contribution in [0.5, 0.6) is 0 Å². The van der Waals surface area contributed by atoms with Gasteiger partial charge in [-0.2, -0.15) is 0 Å². The van der Waals surface area contributed by atoms with Crippen molar-refractivity contribution in [3.63, 3.8) is 0 Å². The lowest BCUT2D eigenvalue weighted by Gasteiger charge is -2.17.